The molecule has 4 aromatic rings. The average molecular weight is 431 g/mol. The van der Waals surface area contributed by atoms with Gasteiger partial charge in [0.2, 0.25) is 0 Å². The van der Waals surface area contributed by atoms with Gasteiger partial charge >= 0.3 is 0 Å². The summed E-state index contributed by atoms with van der Waals surface area (Å²) in [4.78, 5) is 13.6. The summed E-state index contributed by atoms with van der Waals surface area (Å²) < 4.78 is 15.3. The molecule has 2 aromatic carbocycles. The van der Waals surface area contributed by atoms with Crippen molar-refractivity contribution in [3.05, 3.63) is 84.3 Å². The van der Waals surface area contributed by atoms with Crippen molar-refractivity contribution in [1.29, 1.82) is 0 Å². The number of anilines is 3. The number of fused-ring (bicyclic) bond motifs is 1. The number of nitrogens with one attached hydrogen (secondary N) is 1. The molecule has 0 unspecified atom stereocenters. The van der Waals surface area contributed by atoms with Gasteiger partial charge in [-0.15, -0.1) is 0 Å². The summed E-state index contributed by atoms with van der Waals surface area (Å²) in [6.07, 6.45) is 6.45. The first-order valence-electron chi connectivity index (χ1n) is 11.1. The zero-order valence-corrected chi connectivity index (χ0v) is 18.2. The molecule has 1 aliphatic heterocycles. The quantitative estimate of drug-likeness (QED) is 0.492. The van der Waals surface area contributed by atoms with E-state index in [1.807, 2.05) is 18.3 Å². The third-order valence-electron chi connectivity index (χ3n) is 6.11. The van der Waals surface area contributed by atoms with E-state index in [4.69, 9.17) is 0 Å². The molecule has 164 valence electrons. The molecule has 7 heteroatoms. The van der Waals surface area contributed by atoms with Crippen molar-refractivity contribution in [3.8, 4) is 0 Å². The van der Waals surface area contributed by atoms with Crippen LogP contribution in [0, 0.1) is 5.82 Å². The third-order valence-corrected chi connectivity index (χ3v) is 6.11. The molecule has 32 heavy (non-hydrogen) atoms. The lowest BCUT2D eigenvalue weighted by Crippen LogP contribution is -2.46. The molecule has 0 radical (unpaired) electrons. The maximum atomic E-state index is 13.2. The topological polar surface area (TPSA) is 48.7 Å². The van der Waals surface area contributed by atoms with Crippen LogP contribution >= 0.6 is 0 Å². The van der Waals surface area contributed by atoms with Gasteiger partial charge in [0.25, 0.3) is 0 Å². The van der Waals surface area contributed by atoms with Crippen molar-refractivity contribution in [1.82, 2.24) is 14.4 Å². The average Bonchev–Trinajstić information content (AvgIpc) is 3.21. The largest absolute Gasteiger partial charge is 0.379 e. The zero-order valence-electron chi connectivity index (χ0n) is 18.2. The fourth-order valence-electron chi connectivity index (χ4n) is 4.33. The Labute approximate surface area is 187 Å². The molecule has 1 N–H and O–H groups in total. The number of halogens is 1. The van der Waals surface area contributed by atoms with Gasteiger partial charge in [-0.1, -0.05) is 6.92 Å². The molecule has 1 saturated heterocycles. The summed E-state index contributed by atoms with van der Waals surface area (Å²) >= 11 is 0. The second kappa shape index (κ2) is 8.86. The van der Waals surface area contributed by atoms with Crippen LogP contribution in [0.5, 0.6) is 0 Å². The number of imidazole rings is 1. The fourth-order valence-corrected chi connectivity index (χ4v) is 4.33. The number of aromatic nitrogens is 3. The van der Waals surface area contributed by atoms with Crippen molar-refractivity contribution in [2.45, 2.75) is 19.9 Å². The zero-order chi connectivity index (χ0) is 21.9. The first-order valence-corrected chi connectivity index (χ1v) is 11.1. The van der Waals surface area contributed by atoms with Gasteiger partial charge in [-0.2, -0.15) is 0 Å². The van der Waals surface area contributed by atoms with Crippen molar-refractivity contribution in [2.24, 2.45) is 0 Å². The smallest absolute Gasteiger partial charge is 0.155 e. The van der Waals surface area contributed by atoms with E-state index in [2.05, 4.69) is 60.7 Å². The normalized spacial score (nSPS) is 14.2. The number of aryl methyl sites for hydroxylation is 1. The molecule has 0 atom stereocenters. The first kappa shape index (κ1) is 20.3. The van der Waals surface area contributed by atoms with Crippen molar-refractivity contribution in [2.75, 3.05) is 41.3 Å². The minimum absolute atomic E-state index is 0.189. The van der Waals surface area contributed by atoms with Gasteiger partial charge in [-0.25, -0.2) is 9.37 Å². The molecule has 1 fully saturated rings. The summed E-state index contributed by atoms with van der Waals surface area (Å²) in [6.45, 7) is 6.58. The molecule has 2 aromatic heterocycles. The lowest BCUT2D eigenvalue weighted by Gasteiger charge is -2.37. The fraction of sp³-hybridized carbons (Fsp3) is 0.280. The Morgan fingerprint density at radius 1 is 0.906 bits per heavy atom. The van der Waals surface area contributed by atoms with Crippen LogP contribution in [0.15, 0.2) is 67.1 Å². The summed E-state index contributed by atoms with van der Waals surface area (Å²) in [5, 5.41) is 3.54. The van der Waals surface area contributed by atoms with E-state index in [1.54, 1.807) is 12.4 Å². The molecular weight excluding hydrogens is 403 g/mol. The van der Waals surface area contributed by atoms with Gasteiger partial charge in [0, 0.05) is 55.6 Å². The van der Waals surface area contributed by atoms with Crippen LogP contribution in [0.3, 0.4) is 0 Å². The highest BCUT2D eigenvalue weighted by molar-refractivity contribution is 5.57. The Bertz CT molecular complexity index is 1180. The summed E-state index contributed by atoms with van der Waals surface area (Å²) in [5.74, 6) is -0.189. The molecule has 0 bridgehead atoms. The van der Waals surface area contributed by atoms with Crippen LogP contribution < -0.4 is 15.1 Å². The van der Waals surface area contributed by atoms with E-state index in [9.17, 15) is 4.39 Å². The highest BCUT2D eigenvalue weighted by atomic mass is 19.1. The Morgan fingerprint density at radius 3 is 2.16 bits per heavy atom. The summed E-state index contributed by atoms with van der Waals surface area (Å²) in [7, 11) is 0. The Hall–Kier alpha value is -3.61. The van der Waals surface area contributed by atoms with Gasteiger partial charge in [0.15, 0.2) is 5.65 Å². The van der Waals surface area contributed by atoms with Crippen molar-refractivity contribution >= 4 is 22.7 Å². The van der Waals surface area contributed by atoms with Gasteiger partial charge in [0.05, 0.1) is 24.1 Å². The van der Waals surface area contributed by atoms with Crippen LogP contribution in [-0.2, 0) is 13.0 Å². The van der Waals surface area contributed by atoms with E-state index in [-0.39, 0.29) is 5.82 Å². The number of hydrogen-bond donors (Lipinski definition) is 1. The first-order chi connectivity index (χ1) is 15.7. The Morgan fingerprint density at radius 2 is 1.53 bits per heavy atom. The highest BCUT2D eigenvalue weighted by Crippen LogP contribution is 2.23. The standard InChI is InChI=1S/C25H27FN6/c1-2-23-24(32-12-11-27-18-25(32)29-23)17-28-20-5-9-22(10-6-20)31-15-13-30(14-16-31)21-7-3-19(26)4-8-21/h3-12,18,28H,2,13-17H2,1H3. The maximum Gasteiger partial charge on any atom is 0.155 e. The number of nitrogens with zero attached hydrogens (tertiary/aromatic N) is 5. The van der Waals surface area contributed by atoms with E-state index in [0.717, 1.165) is 55.3 Å². The van der Waals surface area contributed by atoms with Crippen LogP contribution in [0.1, 0.15) is 18.3 Å². The second-order valence-corrected chi connectivity index (χ2v) is 8.01. The number of piperazine rings is 1. The van der Waals surface area contributed by atoms with Gasteiger partial charge in [-0.05, 0) is 55.0 Å². The Balaban J connectivity index is 1.20. The number of hydrogen-bond acceptors (Lipinski definition) is 5. The van der Waals surface area contributed by atoms with Gasteiger partial charge in [-0.3, -0.25) is 9.38 Å². The second-order valence-electron chi connectivity index (χ2n) is 8.01. The number of benzene rings is 2. The maximum absolute atomic E-state index is 13.2. The van der Waals surface area contributed by atoms with Crippen molar-refractivity contribution in [3.63, 3.8) is 0 Å². The lowest BCUT2D eigenvalue weighted by molar-refractivity contribution is 0.625. The SMILES string of the molecule is CCc1nc2cnccn2c1CNc1ccc(N2CCN(c3ccc(F)cc3)CC2)cc1. The summed E-state index contributed by atoms with van der Waals surface area (Å²) in [5.41, 5.74) is 6.55. The van der Waals surface area contributed by atoms with Crippen LogP contribution in [-0.4, -0.2) is 40.5 Å². The molecule has 0 amide bonds. The molecule has 5 rings (SSSR count). The Kier molecular flexibility index (Phi) is 5.62. The summed E-state index contributed by atoms with van der Waals surface area (Å²) in [6, 6.07) is 15.4. The van der Waals surface area contributed by atoms with Crippen LogP contribution in [0.2, 0.25) is 0 Å². The van der Waals surface area contributed by atoms with E-state index >= 15 is 0 Å². The van der Waals surface area contributed by atoms with Crippen LogP contribution in [0.4, 0.5) is 21.5 Å². The molecule has 1 aliphatic rings. The predicted octanol–water partition coefficient (Wildman–Crippen LogP) is 4.37. The lowest BCUT2D eigenvalue weighted by atomic mass is 10.2. The minimum atomic E-state index is -0.189. The third kappa shape index (κ3) is 4.10. The monoisotopic (exact) mass is 430 g/mol. The van der Waals surface area contributed by atoms with Gasteiger partial charge in [0.1, 0.15) is 5.82 Å². The van der Waals surface area contributed by atoms with Crippen molar-refractivity contribution < 1.29 is 4.39 Å². The molecule has 6 nitrogen and oxygen atoms in total. The minimum Gasteiger partial charge on any atom is -0.379 e. The van der Waals surface area contributed by atoms with E-state index in [0.29, 0.717) is 6.54 Å². The van der Waals surface area contributed by atoms with Gasteiger partial charge < -0.3 is 15.1 Å². The molecule has 0 aliphatic carbocycles. The van der Waals surface area contributed by atoms with Crippen LogP contribution in [0.25, 0.3) is 5.65 Å². The number of rotatable bonds is 6. The molecular formula is C25H27FN6. The molecule has 0 saturated carbocycles. The highest BCUT2D eigenvalue weighted by Gasteiger charge is 2.17. The predicted molar refractivity (Wildman–Crippen MR) is 127 cm³/mol. The van der Waals surface area contributed by atoms with E-state index < -0.39 is 0 Å². The molecule has 0 spiro atoms. The van der Waals surface area contributed by atoms with E-state index in [1.165, 1.54) is 23.5 Å². The molecule has 3 heterocycles.